The number of hydrogen-bond acceptors (Lipinski definition) is 10. The zero-order valence-corrected chi connectivity index (χ0v) is 18.7. The molecule has 0 aliphatic carbocycles. The summed E-state index contributed by atoms with van der Waals surface area (Å²) in [5, 5.41) is 0.706. The second-order valence-corrected chi connectivity index (χ2v) is 7.86. The highest BCUT2D eigenvalue weighted by Crippen LogP contribution is 2.35. The van der Waals surface area contributed by atoms with E-state index in [1.54, 1.807) is 33.5 Å². The SMILES string of the molecule is COc1ccc(-c2nc(C)c(C(=O)OCCCn3cnc4c(N)ncnc43)s2)cc1OC. The number of hydrogen-bond donors (Lipinski definition) is 1. The third-order valence-electron chi connectivity index (χ3n) is 4.82. The van der Waals surface area contributed by atoms with Crippen LogP contribution in [0.3, 0.4) is 0 Å². The van der Waals surface area contributed by atoms with E-state index < -0.39 is 5.97 Å². The highest BCUT2D eigenvalue weighted by molar-refractivity contribution is 7.17. The van der Waals surface area contributed by atoms with Crippen molar-refractivity contribution < 1.29 is 19.0 Å². The van der Waals surface area contributed by atoms with E-state index in [-0.39, 0.29) is 6.61 Å². The Morgan fingerprint density at radius 3 is 2.75 bits per heavy atom. The van der Waals surface area contributed by atoms with Crippen molar-refractivity contribution in [2.45, 2.75) is 19.9 Å². The summed E-state index contributed by atoms with van der Waals surface area (Å²) in [7, 11) is 3.16. The molecule has 0 unspecified atom stereocenters. The summed E-state index contributed by atoms with van der Waals surface area (Å²) in [6.45, 7) is 2.62. The van der Waals surface area contributed by atoms with Crippen LogP contribution in [0.1, 0.15) is 21.8 Å². The lowest BCUT2D eigenvalue weighted by molar-refractivity contribution is 0.0501. The lowest BCUT2D eigenvalue weighted by Gasteiger charge is -2.08. The number of methoxy groups -OCH3 is 2. The van der Waals surface area contributed by atoms with Crippen LogP contribution in [0.4, 0.5) is 5.82 Å². The van der Waals surface area contributed by atoms with Gasteiger partial charge in [-0.3, -0.25) is 0 Å². The Morgan fingerprint density at radius 2 is 1.97 bits per heavy atom. The van der Waals surface area contributed by atoms with Crippen molar-refractivity contribution in [2.24, 2.45) is 0 Å². The number of benzene rings is 1. The standard InChI is InChI=1S/C21H22N6O4S/c1-12-17(32-20(26-12)13-5-6-14(29-2)15(9-13)30-3)21(28)31-8-4-7-27-11-25-16-18(22)23-10-24-19(16)27/h5-6,9-11H,4,7-8H2,1-3H3,(H2,22,23,24). The molecule has 11 heteroatoms. The van der Waals surface area contributed by atoms with Crippen molar-refractivity contribution in [3.63, 3.8) is 0 Å². The monoisotopic (exact) mass is 454 g/mol. The Hall–Kier alpha value is -3.73. The zero-order valence-electron chi connectivity index (χ0n) is 17.9. The van der Waals surface area contributed by atoms with Gasteiger partial charge in [-0.25, -0.2) is 24.7 Å². The van der Waals surface area contributed by atoms with Gasteiger partial charge in [0.15, 0.2) is 23.0 Å². The van der Waals surface area contributed by atoms with E-state index in [1.807, 2.05) is 16.7 Å². The molecule has 1 aromatic carbocycles. The van der Waals surface area contributed by atoms with E-state index in [0.717, 1.165) is 5.56 Å². The molecule has 4 rings (SSSR count). The summed E-state index contributed by atoms with van der Waals surface area (Å²) in [5.74, 6) is 1.17. The Kier molecular flexibility index (Phi) is 6.17. The highest BCUT2D eigenvalue weighted by Gasteiger charge is 2.18. The number of carbonyl (C=O) groups excluding carboxylic acids is 1. The smallest absolute Gasteiger partial charge is 0.350 e. The van der Waals surface area contributed by atoms with Crippen LogP contribution in [0.25, 0.3) is 21.7 Å². The summed E-state index contributed by atoms with van der Waals surface area (Å²) in [5.41, 5.74) is 8.48. The molecule has 10 nitrogen and oxygen atoms in total. The third kappa shape index (κ3) is 4.19. The van der Waals surface area contributed by atoms with Gasteiger partial charge in [0.25, 0.3) is 0 Å². The van der Waals surface area contributed by atoms with E-state index in [2.05, 4.69) is 19.9 Å². The van der Waals surface area contributed by atoms with Crippen molar-refractivity contribution >= 4 is 34.3 Å². The number of fused-ring (bicyclic) bond motifs is 1. The normalized spacial score (nSPS) is 11.0. The summed E-state index contributed by atoms with van der Waals surface area (Å²) < 4.78 is 17.9. The van der Waals surface area contributed by atoms with Crippen molar-refractivity contribution in [1.29, 1.82) is 0 Å². The molecule has 0 radical (unpaired) electrons. The van der Waals surface area contributed by atoms with Gasteiger partial charge in [-0.15, -0.1) is 11.3 Å². The number of aromatic nitrogens is 5. The first kappa shape index (κ1) is 21.5. The number of imidazole rings is 1. The fourth-order valence-electron chi connectivity index (χ4n) is 3.21. The minimum absolute atomic E-state index is 0.252. The van der Waals surface area contributed by atoms with Gasteiger partial charge in [0.2, 0.25) is 0 Å². The number of aryl methyl sites for hydroxylation is 2. The van der Waals surface area contributed by atoms with Gasteiger partial charge in [-0.05, 0) is 31.5 Å². The van der Waals surface area contributed by atoms with Crippen LogP contribution in [0.5, 0.6) is 11.5 Å². The van der Waals surface area contributed by atoms with Crippen molar-refractivity contribution in [3.8, 4) is 22.1 Å². The van der Waals surface area contributed by atoms with Gasteiger partial charge >= 0.3 is 5.97 Å². The van der Waals surface area contributed by atoms with Gasteiger partial charge in [0, 0.05) is 12.1 Å². The summed E-state index contributed by atoms with van der Waals surface area (Å²) >= 11 is 1.28. The van der Waals surface area contributed by atoms with E-state index in [9.17, 15) is 4.79 Å². The highest BCUT2D eigenvalue weighted by atomic mass is 32.1. The quantitative estimate of drug-likeness (QED) is 0.315. The Bertz CT molecular complexity index is 1270. The number of carbonyl (C=O) groups is 1. The minimum atomic E-state index is -0.395. The number of nitrogens with two attached hydrogens (primary N) is 1. The molecule has 2 N–H and O–H groups in total. The van der Waals surface area contributed by atoms with Gasteiger partial charge < -0.3 is 24.5 Å². The number of esters is 1. The first-order valence-corrected chi connectivity index (χ1v) is 10.6. The maximum atomic E-state index is 12.6. The van der Waals surface area contributed by atoms with Crippen LogP contribution in [-0.4, -0.2) is 51.3 Å². The molecule has 0 fully saturated rings. The molecule has 0 saturated carbocycles. The molecule has 3 heterocycles. The minimum Gasteiger partial charge on any atom is -0.493 e. The molecule has 32 heavy (non-hydrogen) atoms. The first-order chi connectivity index (χ1) is 15.5. The number of anilines is 1. The second kappa shape index (κ2) is 9.18. The third-order valence-corrected chi connectivity index (χ3v) is 6.01. The van der Waals surface area contributed by atoms with E-state index in [0.29, 0.717) is 57.0 Å². The largest absolute Gasteiger partial charge is 0.493 e. The molecule has 0 atom stereocenters. The lowest BCUT2D eigenvalue weighted by atomic mass is 10.2. The first-order valence-electron chi connectivity index (χ1n) is 9.80. The molecule has 3 aromatic heterocycles. The Balaban J connectivity index is 1.39. The fraction of sp³-hybridized carbons (Fsp3) is 0.286. The maximum absolute atomic E-state index is 12.6. The van der Waals surface area contributed by atoms with Gasteiger partial charge in [-0.2, -0.15) is 0 Å². The summed E-state index contributed by atoms with van der Waals surface area (Å²) in [4.78, 5) is 30.0. The van der Waals surface area contributed by atoms with Crippen LogP contribution in [-0.2, 0) is 11.3 Å². The Morgan fingerprint density at radius 1 is 1.16 bits per heavy atom. The molecule has 0 saturated heterocycles. The summed E-state index contributed by atoms with van der Waals surface area (Å²) in [6, 6.07) is 5.51. The van der Waals surface area contributed by atoms with E-state index in [1.165, 1.54) is 17.7 Å². The molecule has 0 amide bonds. The summed E-state index contributed by atoms with van der Waals surface area (Å²) in [6.07, 6.45) is 3.65. The number of nitrogen functional groups attached to an aromatic ring is 1. The molecular weight excluding hydrogens is 432 g/mol. The molecule has 0 aliphatic rings. The van der Waals surface area contributed by atoms with Crippen molar-refractivity contribution in [2.75, 3.05) is 26.6 Å². The predicted molar refractivity (Wildman–Crippen MR) is 120 cm³/mol. The predicted octanol–water partition coefficient (Wildman–Crippen LogP) is 3.10. The molecule has 166 valence electrons. The topological polar surface area (TPSA) is 127 Å². The van der Waals surface area contributed by atoms with Crippen molar-refractivity contribution in [3.05, 3.63) is 41.4 Å². The number of rotatable bonds is 8. The second-order valence-electron chi connectivity index (χ2n) is 6.86. The van der Waals surface area contributed by atoms with Crippen LogP contribution in [0, 0.1) is 6.92 Å². The van der Waals surface area contributed by atoms with E-state index in [4.69, 9.17) is 19.9 Å². The number of ether oxygens (including phenoxy) is 3. The molecule has 4 aromatic rings. The van der Waals surface area contributed by atoms with Gasteiger partial charge in [0.05, 0.1) is 32.8 Å². The zero-order chi connectivity index (χ0) is 22.7. The van der Waals surface area contributed by atoms with Crippen LogP contribution in [0.2, 0.25) is 0 Å². The number of thiazole rings is 1. The average Bonchev–Trinajstić information content (AvgIpc) is 3.40. The van der Waals surface area contributed by atoms with Crippen molar-refractivity contribution in [1.82, 2.24) is 24.5 Å². The number of nitrogens with zero attached hydrogens (tertiary/aromatic N) is 5. The average molecular weight is 455 g/mol. The van der Waals surface area contributed by atoms with Crippen LogP contribution in [0.15, 0.2) is 30.9 Å². The van der Waals surface area contributed by atoms with Crippen LogP contribution < -0.4 is 15.2 Å². The molecule has 0 spiro atoms. The molecular formula is C21H22N6O4S. The Labute approximate surface area is 188 Å². The fourth-order valence-corrected chi connectivity index (χ4v) is 4.16. The van der Waals surface area contributed by atoms with Crippen LogP contribution >= 0.6 is 11.3 Å². The van der Waals surface area contributed by atoms with Gasteiger partial charge in [-0.1, -0.05) is 0 Å². The van der Waals surface area contributed by atoms with Gasteiger partial charge in [0.1, 0.15) is 21.7 Å². The lowest BCUT2D eigenvalue weighted by Crippen LogP contribution is -2.08. The molecule has 0 aliphatic heterocycles. The molecule has 0 bridgehead atoms. The maximum Gasteiger partial charge on any atom is 0.350 e. The van der Waals surface area contributed by atoms with E-state index >= 15 is 0 Å².